The molecular formula is C14H13FN6O2S. The van der Waals surface area contributed by atoms with Crippen LogP contribution in [0.15, 0.2) is 35.5 Å². The molecule has 124 valence electrons. The molecule has 0 saturated heterocycles. The first kappa shape index (κ1) is 16.0. The third kappa shape index (κ3) is 3.23. The first-order valence-corrected chi connectivity index (χ1v) is 7.79. The standard InChI is InChI=1S/C14H13FN6O2S/c1-23-12(22)7-24-14-20-19-13(21(14)16)11-6-10(17-18-11)8-2-4-9(15)5-3-8/h2-6H,7,16H2,1H3,(H,17,18). The van der Waals surface area contributed by atoms with E-state index in [1.54, 1.807) is 18.2 Å². The minimum absolute atomic E-state index is 0.0790. The zero-order chi connectivity index (χ0) is 17.1. The molecule has 3 aromatic rings. The lowest BCUT2D eigenvalue weighted by atomic mass is 10.1. The van der Waals surface area contributed by atoms with E-state index in [-0.39, 0.29) is 17.5 Å². The normalized spacial score (nSPS) is 10.8. The molecular weight excluding hydrogens is 335 g/mol. The molecule has 1 aromatic carbocycles. The number of nitrogens with zero attached hydrogens (tertiary/aromatic N) is 4. The summed E-state index contributed by atoms with van der Waals surface area (Å²) < 4.78 is 18.8. The van der Waals surface area contributed by atoms with Crippen molar-refractivity contribution < 1.29 is 13.9 Å². The van der Waals surface area contributed by atoms with Gasteiger partial charge in [0.1, 0.15) is 11.5 Å². The largest absolute Gasteiger partial charge is 0.468 e. The van der Waals surface area contributed by atoms with E-state index >= 15 is 0 Å². The third-order valence-corrected chi connectivity index (χ3v) is 4.09. The van der Waals surface area contributed by atoms with Crippen LogP contribution >= 0.6 is 11.8 Å². The van der Waals surface area contributed by atoms with E-state index in [9.17, 15) is 9.18 Å². The average Bonchev–Trinajstić information content (AvgIpc) is 3.20. The molecule has 0 aliphatic heterocycles. The Kier molecular flexibility index (Phi) is 4.47. The van der Waals surface area contributed by atoms with Crippen molar-refractivity contribution in [1.29, 1.82) is 0 Å². The number of ether oxygens (including phenoxy) is 1. The predicted octanol–water partition coefficient (Wildman–Crippen LogP) is 1.45. The average molecular weight is 348 g/mol. The van der Waals surface area contributed by atoms with E-state index in [1.165, 1.54) is 23.9 Å². The number of methoxy groups -OCH3 is 1. The fraction of sp³-hybridized carbons (Fsp3) is 0.143. The summed E-state index contributed by atoms with van der Waals surface area (Å²) >= 11 is 1.11. The number of aromatic nitrogens is 5. The summed E-state index contributed by atoms with van der Waals surface area (Å²) in [6.07, 6.45) is 0. The number of nitrogen functional groups attached to an aromatic ring is 1. The monoisotopic (exact) mass is 348 g/mol. The highest BCUT2D eigenvalue weighted by atomic mass is 32.2. The second-order valence-corrected chi connectivity index (χ2v) is 5.66. The van der Waals surface area contributed by atoms with Crippen LogP contribution in [0.4, 0.5) is 4.39 Å². The fourth-order valence-electron chi connectivity index (χ4n) is 1.95. The predicted molar refractivity (Wildman–Crippen MR) is 85.9 cm³/mol. The van der Waals surface area contributed by atoms with Crippen LogP contribution in [-0.2, 0) is 9.53 Å². The Labute approximate surface area is 140 Å². The molecule has 3 N–H and O–H groups in total. The molecule has 0 atom stereocenters. The molecule has 0 amide bonds. The van der Waals surface area contributed by atoms with Crippen LogP contribution in [-0.4, -0.2) is 43.9 Å². The number of esters is 1. The smallest absolute Gasteiger partial charge is 0.316 e. The van der Waals surface area contributed by atoms with Crippen molar-refractivity contribution in [2.24, 2.45) is 0 Å². The maximum Gasteiger partial charge on any atom is 0.316 e. The molecule has 8 nitrogen and oxygen atoms in total. The maximum atomic E-state index is 13.0. The molecule has 0 spiro atoms. The number of rotatable bonds is 5. The minimum atomic E-state index is -0.385. The Hall–Kier alpha value is -2.88. The highest BCUT2D eigenvalue weighted by molar-refractivity contribution is 7.99. The van der Waals surface area contributed by atoms with Gasteiger partial charge in [0.15, 0.2) is 0 Å². The van der Waals surface area contributed by atoms with Crippen LogP contribution in [0.25, 0.3) is 22.8 Å². The van der Waals surface area contributed by atoms with E-state index in [0.717, 1.165) is 17.3 Å². The molecule has 0 bridgehead atoms. The molecule has 3 rings (SSSR count). The van der Waals surface area contributed by atoms with Gasteiger partial charge in [-0.25, -0.2) is 9.07 Å². The van der Waals surface area contributed by atoms with Crippen LogP contribution in [0.3, 0.4) is 0 Å². The Morgan fingerprint density at radius 1 is 1.38 bits per heavy atom. The van der Waals surface area contributed by atoms with E-state index in [0.29, 0.717) is 22.4 Å². The molecule has 0 aliphatic rings. The van der Waals surface area contributed by atoms with Crippen LogP contribution < -0.4 is 5.84 Å². The van der Waals surface area contributed by atoms with Gasteiger partial charge in [0, 0.05) is 5.56 Å². The molecule has 2 heterocycles. The summed E-state index contributed by atoms with van der Waals surface area (Å²) in [6, 6.07) is 7.70. The number of hydrogen-bond donors (Lipinski definition) is 2. The number of thioether (sulfide) groups is 1. The minimum Gasteiger partial charge on any atom is -0.468 e. The number of carbonyl (C=O) groups is 1. The fourth-order valence-corrected chi connectivity index (χ4v) is 2.64. The van der Waals surface area contributed by atoms with Crippen molar-refractivity contribution >= 4 is 17.7 Å². The number of hydrogen-bond acceptors (Lipinski definition) is 7. The number of benzene rings is 1. The van der Waals surface area contributed by atoms with Gasteiger partial charge in [-0.2, -0.15) is 5.10 Å². The van der Waals surface area contributed by atoms with Crippen molar-refractivity contribution in [2.45, 2.75) is 5.16 Å². The van der Waals surface area contributed by atoms with Crippen molar-refractivity contribution in [3.05, 3.63) is 36.1 Å². The number of nitrogens with two attached hydrogens (primary N) is 1. The second-order valence-electron chi connectivity index (χ2n) is 4.71. The van der Waals surface area contributed by atoms with Crippen molar-refractivity contribution in [1.82, 2.24) is 25.1 Å². The van der Waals surface area contributed by atoms with Gasteiger partial charge < -0.3 is 10.6 Å². The summed E-state index contributed by atoms with van der Waals surface area (Å²) in [6.45, 7) is 0. The number of carbonyl (C=O) groups excluding carboxylic acids is 1. The third-order valence-electron chi connectivity index (χ3n) is 3.17. The first-order valence-electron chi connectivity index (χ1n) is 6.80. The highest BCUT2D eigenvalue weighted by Crippen LogP contribution is 2.24. The van der Waals surface area contributed by atoms with Crippen LogP contribution in [0.2, 0.25) is 0 Å². The molecule has 10 heteroatoms. The molecule has 0 saturated carbocycles. The van der Waals surface area contributed by atoms with Gasteiger partial charge in [-0.15, -0.1) is 10.2 Å². The maximum absolute atomic E-state index is 13.0. The van der Waals surface area contributed by atoms with Crippen molar-refractivity contribution in [3.63, 3.8) is 0 Å². The quantitative estimate of drug-likeness (QED) is 0.408. The summed E-state index contributed by atoms with van der Waals surface area (Å²) in [7, 11) is 1.31. The lowest BCUT2D eigenvalue weighted by Gasteiger charge is -2.01. The number of nitrogens with one attached hydrogen (secondary N) is 1. The summed E-state index contributed by atoms with van der Waals surface area (Å²) in [5, 5.41) is 15.3. The molecule has 2 aromatic heterocycles. The van der Waals surface area contributed by atoms with E-state index in [2.05, 4.69) is 25.1 Å². The molecule has 0 radical (unpaired) electrons. The van der Waals surface area contributed by atoms with Crippen LogP contribution in [0.5, 0.6) is 0 Å². The molecule has 0 fully saturated rings. The van der Waals surface area contributed by atoms with Gasteiger partial charge in [-0.05, 0) is 30.3 Å². The van der Waals surface area contributed by atoms with Crippen LogP contribution in [0, 0.1) is 5.82 Å². The van der Waals surface area contributed by atoms with Gasteiger partial charge in [0.25, 0.3) is 0 Å². The molecule has 24 heavy (non-hydrogen) atoms. The zero-order valence-corrected chi connectivity index (χ0v) is 13.4. The Morgan fingerprint density at radius 3 is 2.83 bits per heavy atom. The van der Waals surface area contributed by atoms with E-state index in [4.69, 9.17) is 5.84 Å². The Balaban J connectivity index is 1.81. The Morgan fingerprint density at radius 2 is 2.12 bits per heavy atom. The second kappa shape index (κ2) is 6.71. The summed E-state index contributed by atoms with van der Waals surface area (Å²) in [4.78, 5) is 11.2. The lowest BCUT2D eigenvalue weighted by molar-refractivity contribution is -0.137. The molecule has 0 unspecified atom stereocenters. The first-order chi connectivity index (χ1) is 11.6. The van der Waals surface area contributed by atoms with E-state index in [1.807, 2.05) is 0 Å². The van der Waals surface area contributed by atoms with Crippen molar-refractivity contribution in [3.8, 4) is 22.8 Å². The van der Waals surface area contributed by atoms with Gasteiger partial charge in [0.05, 0.1) is 18.6 Å². The topological polar surface area (TPSA) is 112 Å². The van der Waals surface area contributed by atoms with Crippen molar-refractivity contribution in [2.75, 3.05) is 18.7 Å². The number of H-pyrrole nitrogens is 1. The number of aromatic amines is 1. The molecule has 0 aliphatic carbocycles. The Bertz CT molecular complexity index is 861. The highest BCUT2D eigenvalue weighted by Gasteiger charge is 2.16. The van der Waals surface area contributed by atoms with Gasteiger partial charge in [-0.1, -0.05) is 11.8 Å². The summed E-state index contributed by atoms with van der Waals surface area (Å²) in [5.74, 6) is 5.69. The SMILES string of the molecule is COC(=O)CSc1nnc(-c2cc(-c3ccc(F)cc3)n[nH]2)n1N. The van der Waals surface area contributed by atoms with Gasteiger partial charge in [0.2, 0.25) is 11.0 Å². The number of halogens is 1. The van der Waals surface area contributed by atoms with Crippen LogP contribution in [0.1, 0.15) is 0 Å². The van der Waals surface area contributed by atoms with Gasteiger partial charge >= 0.3 is 5.97 Å². The van der Waals surface area contributed by atoms with E-state index < -0.39 is 0 Å². The lowest BCUT2D eigenvalue weighted by Crippen LogP contribution is -2.13. The summed E-state index contributed by atoms with van der Waals surface area (Å²) in [5.41, 5.74) is 1.92. The van der Waals surface area contributed by atoms with Gasteiger partial charge in [-0.3, -0.25) is 9.89 Å². The zero-order valence-electron chi connectivity index (χ0n) is 12.6.